The molecule has 0 aromatic heterocycles. The molecule has 7 nitrogen and oxygen atoms in total. The van der Waals surface area contributed by atoms with Crippen LogP contribution in [0.2, 0.25) is 0 Å². The molecule has 2 saturated heterocycles. The van der Waals surface area contributed by atoms with Gasteiger partial charge in [0.15, 0.2) is 16.7 Å². The van der Waals surface area contributed by atoms with Gasteiger partial charge in [-0.15, -0.1) is 0 Å². The van der Waals surface area contributed by atoms with Gasteiger partial charge in [-0.1, -0.05) is 0 Å². The summed E-state index contributed by atoms with van der Waals surface area (Å²) in [6.45, 7) is 7.24. The average molecular weight is 593 g/mol. The van der Waals surface area contributed by atoms with Crippen LogP contribution >= 0.6 is 34.4 Å². The number of ether oxygens (including phenoxy) is 3. The second kappa shape index (κ2) is 11.0. The Morgan fingerprint density at radius 3 is 2.53 bits per heavy atom. The molecule has 0 atom stereocenters. The van der Waals surface area contributed by atoms with Crippen molar-refractivity contribution in [1.29, 1.82) is 0 Å². The molecule has 2 heterocycles. The number of anilines is 1. The van der Waals surface area contributed by atoms with E-state index < -0.39 is 0 Å². The molecule has 9 heteroatoms. The fraction of sp³-hybridized carbons (Fsp3) is 0.360. The van der Waals surface area contributed by atoms with E-state index in [0.717, 1.165) is 46.8 Å². The number of carbonyl (C=O) groups is 1. The minimum absolute atomic E-state index is 0.0361. The van der Waals surface area contributed by atoms with E-state index in [1.165, 1.54) is 11.8 Å². The van der Waals surface area contributed by atoms with Crippen molar-refractivity contribution in [2.45, 2.75) is 20.0 Å². The largest absolute Gasteiger partial charge is 0.493 e. The molecular weight excluding hydrogens is 565 g/mol. The smallest absolute Gasteiger partial charge is 0.266 e. The first kappa shape index (κ1) is 24.9. The molecule has 2 aromatic rings. The molecule has 0 N–H and O–H groups in total. The second-order valence-corrected chi connectivity index (χ2v) is 10.4. The Labute approximate surface area is 218 Å². The first-order valence-corrected chi connectivity index (χ1v) is 13.0. The van der Waals surface area contributed by atoms with Gasteiger partial charge in [0.05, 0.1) is 40.6 Å². The van der Waals surface area contributed by atoms with Crippen molar-refractivity contribution < 1.29 is 19.0 Å². The normalized spacial score (nSPS) is 18.9. The Bertz CT molecular complexity index is 1110. The van der Waals surface area contributed by atoms with E-state index in [-0.39, 0.29) is 12.0 Å². The fourth-order valence-corrected chi connectivity index (χ4v) is 5.39. The summed E-state index contributed by atoms with van der Waals surface area (Å²) < 4.78 is 17.8. The molecule has 1 amide bonds. The average Bonchev–Trinajstić information content (AvgIpc) is 3.09. The second-order valence-electron chi connectivity index (χ2n) is 8.19. The van der Waals surface area contributed by atoms with Crippen molar-refractivity contribution in [3.63, 3.8) is 0 Å². The van der Waals surface area contributed by atoms with E-state index >= 15 is 0 Å². The number of methoxy groups -OCH3 is 1. The van der Waals surface area contributed by atoms with Crippen molar-refractivity contribution in [3.05, 3.63) is 50.4 Å². The number of aliphatic imine (C=N–C) groups is 1. The number of hydrogen-bond acceptors (Lipinski definition) is 7. The minimum Gasteiger partial charge on any atom is -0.493 e. The number of benzene rings is 2. The molecule has 0 unspecified atom stereocenters. The van der Waals surface area contributed by atoms with E-state index in [1.807, 2.05) is 44.2 Å². The number of halogens is 1. The number of rotatable bonds is 6. The number of amides is 1. The monoisotopic (exact) mass is 593 g/mol. The molecule has 2 fully saturated rings. The quantitative estimate of drug-likeness (QED) is 0.341. The molecule has 2 aliphatic heterocycles. The van der Waals surface area contributed by atoms with Crippen LogP contribution in [-0.2, 0) is 9.53 Å². The highest BCUT2D eigenvalue weighted by molar-refractivity contribution is 14.1. The highest BCUT2D eigenvalue weighted by atomic mass is 127. The predicted octanol–water partition coefficient (Wildman–Crippen LogP) is 5.16. The van der Waals surface area contributed by atoms with Gasteiger partial charge >= 0.3 is 0 Å². The molecule has 0 spiro atoms. The third-order valence-corrected chi connectivity index (χ3v) is 7.22. The lowest BCUT2D eigenvalue weighted by molar-refractivity contribution is -0.121. The third kappa shape index (κ3) is 5.69. The zero-order chi connectivity index (χ0) is 24.2. The van der Waals surface area contributed by atoms with Crippen LogP contribution < -0.4 is 14.4 Å². The molecule has 0 aliphatic carbocycles. The summed E-state index contributed by atoms with van der Waals surface area (Å²) in [7, 11) is 3.37. The number of morpholine rings is 1. The lowest BCUT2D eigenvalue weighted by Crippen LogP contribution is -2.36. The summed E-state index contributed by atoms with van der Waals surface area (Å²) in [5.74, 6) is 1.28. The molecule has 2 aromatic carbocycles. The van der Waals surface area contributed by atoms with Crippen molar-refractivity contribution in [1.82, 2.24) is 4.90 Å². The number of amidine groups is 1. The third-order valence-electron chi connectivity index (χ3n) is 5.36. The van der Waals surface area contributed by atoms with E-state index in [4.69, 9.17) is 19.2 Å². The zero-order valence-corrected chi connectivity index (χ0v) is 22.7. The van der Waals surface area contributed by atoms with Gasteiger partial charge in [-0.2, -0.15) is 0 Å². The van der Waals surface area contributed by atoms with E-state index in [0.29, 0.717) is 21.6 Å². The van der Waals surface area contributed by atoms with E-state index in [1.54, 1.807) is 19.1 Å². The van der Waals surface area contributed by atoms with Crippen LogP contribution in [0.25, 0.3) is 6.08 Å². The van der Waals surface area contributed by atoms with Gasteiger partial charge in [0, 0.05) is 25.8 Å². The Morgan fingerprint density at radius 2 is 1.88 bits per heavy atom. The maximum Gasteiger partial charge on any atom is 0.266 e. The topological polar surface area (TPSA) is 63.6 Å². The lowest BCUT2D eigenvalue weighted by atomic mass is 10.2. The van der Waals surface area contributed by atoms with Crippen molar-refractivity contribution in [2.24, 2.45) is 4.99 Å². The maximum atomic E-state index is 12.9. The predicted molar refractivity (Wildman–Crippen MR) is 146 cm³/mol. The SMILES string of the molecule is COc1cc(/C=C2\SC(=Nc3ccc(N4CCOCC4)cc3)N(C)C2=O)cc(I)c1OC(C)C. The molecule has 4 rings (SSSR count). The molecule has 0 saturated carbocycles. The number of likely N-dealkylation sites (N-methyl/N-ethyl adjacent to an activating group) is 1. The summed E-state index contributed by atoms with van der Waals surface area (Å²) >= 11 is 3.60. The molecule has 0 radical (unpaired) electrons. The Morgan fingerprint density at radius 1 is 1.18 bits per heavy atom. The van der Waals surface area contributed by atoms with Crippen LogP contribution in [0.3, 0.4) is 0 Å². The summed E-state index contributed by atoms with van der Waals surface area (Å²) in [6.07, 6.45) is 1.91. The lowest BCUT2D eigenvalue weighted by Gasteiger charge is -2.28. The van der Waals surface area contributed by atoms with Gasteiger partial charge in [-0.3, -0.25) is 9.69 Å². The highest BCUT2D eigenvalue weighted by Crippen LogP contribution is 2.38. The first-order chi connectivity index (χ1) is 16.4. The molecular formula is C25H28IN3O4S. The van der Waals surface area contributed by atoms with Crippen LogP contribution in [-0.4, -0.2) is 62.5 Å². The molecule has 34 heavy (non-hydrogen) atoms. The van der Waals surface area contributed by atoms with Crippen LogP contribution in [0.4, 0.5) is 11.4 Å². The summed E-state index contributed by atoms with van der Waals surface area (Å²) in [4.78, 5) is 22.1. The van der Waals surface area contributed by atoms with Crippen molar-refractivity contribution >= 4 is 62.9 Å². The van der Waals surface area contributed by atoms with Crippen LogP contribution in [0.15, 0.2) is 46.3 Å². The molecule has 180 valence electrons. The Kier molecular flexibility index (Phi) is 8.05. The van der Waals surface area contributed by atoms with E-state index in [2.05, 4.69) is 39.6 Å². The Hall–Kier alpha value is -2.24. The van der Waals surface area contributed by atoms with Gasteiger partial charge in [0.1, 0.15) is 0 Å². The minimum atomic E-state index is -0.0785. The number of thioether (sulfide) groups is 1. The van der Waals surface area contributed by atoms with Crippen molar-refractivity contribution in [2.75, 3.05) is 45.4 Å². The van der Waals surface area contributed by atoms with Crippen molar-refractivity contribution in [3.8, 4) is 11.5 Å². The Balaban J connectivity index is 1.54. The van der Waals surface area contributed by atoms with Crippen LogP contribution in [0.5, 0.6) is 11.5 Å². The van der Waals surface area contributed by atoms with Gasteiger partial charge in [0.2, 0.25) is 0 Å². The number of carbonyl (C=O) groups excluding carboxylic acids is 1. The summed E-state index contributed by atoms with van der Waals surface area (Å²) in [5, 5.41) is 0.650. The molecule has 2 aliphatic rings. The van der Waals surface area contributed by atoms with Gasteiger partial charge < -0.3 is 19.1 Å². The first-order valence-electron chi connectivity index (χ1n) is 11.1. The van der Waals surface area contributed by atoms with Crippen LogP contribution in [0.1, 0.15) is 19.4 Å². The van der Waals surface area contributed by atoms with Crippen LogP contribution in [0, 0.1) is 3.57 Å². The number of hydrogen-bond donors (Lipinski definition) is 0. The maximum absolute atomic E-state index is 12.9. The highest BCUT2D eigenvalue weighted by Gasteiger charge is 2.30. The van der Waals surface area contributed by atoms with Gasteiger partial charge in [-0.05, 0) is 96.2 Å². The summed E-state index contributed by atoms with van der Waals surface area (Å²) in [5.41, 5.74) is 2.84. The molecule has 0 bridgehead atoms. The van der Waals surface area contributed by atoms with E-state index in [9.17, 15) is 4.79 Å². The zero-order valence-electron chi connectivity index (χ0n) is 19.7. The fourth-order valence-electron chi connectivity index (χ4n) is 3.65. The standard InChI is InChI=1S/C25H28IN3O4S/c1-16(2)33-23-20(26)13-17(14-21(23)31-4)15-22-24(30)28(3)25(34-22)27-18-5-7-19(8-6-18)29-9-11-32-12-10-29/h5-8,13-16H,9-12H2,1-4H3/b22-15-,27-25?. The summed E-state index contributed by atoms with van der Waals surface area (Å²) in [6, 6.07) is 12.0. The van der Waals surface area contributed by atoms with Gasteiger partial charge in [0.25, 0.3) is 5.91 Å². The van der Waals surface area contributed by atoms with Gasteiger partial charge in [-0.25, -0.2) is 4.99 Å². The number of nitrogens with zero attached hydrogens (tertiary/aromatic N) is 3.